The second-order valence-electron chi connectivity index (χ2n) is 10.2. The molecule has 0 N–H and O–H groups in total. The fourth-order valence-electron chi connectivity index (χ4n) is 5.32. The summed E-state index contributed by atoms with van der Waals surface area (Å²) >= 11 is 0. The number of anilines is 6. The van der Waals surface area contributed by atoms with Crippen molar-refractivity contribution >= 4 is 34.1 Å². The van der Waals surface area contributed by atoms with Crippen molar-refractivity contribution in [2.45, 2.75) is 0 Å². The van der Waals surface area contributed by atoms with Gasteiger partial charge in [0.1, 0.15) is 23.0 Å². The van der Waals surface area contributed by atoms with Crippen LogP contribution in [-0.2, 0) is 0 Å². The van der Waals surface area contributed by atoms with E-state index < -0.39 is 0 Å². The molecule has 0 radical (unpaired) electrons. The van der Waals surface area contributed by atoms with Crippen LogP contribution in [0.4, 0.5) is 34.1 Å². The van der Waals surface area contributed by atoms with Crippen molar-refractivity contribution in [3.8, 4) is 34.1 Å². The van der Waals surface area contributed by atoms with Gasteiger partial charge in [-0.25, -0.2) is 0 Å². The van der Waals surface area contributed by atoms with Crippen molar-refractivity contribution in [1.82, 2.24) is 0 Å². The molecule has 6 rings (SSSR count). The molecule has 4 aromatic carbocycles. The Hall–Kier alpha value is -5.62. The first-order valence-electron chi connectivity index (χ1n) is 14.3. The van der Waals surface area contributed by atoms with Gasteiger partial charge in [-0.1, -0.05) is 12.1 Å². The molecule has 0 amide bonds. The molecule has 2 aliphatic rings. The van der Waals surface area contributed by atoms with E-state index in [2.05, 4.69) is 94.7 Å². The molecule has 6 heteroatoms. The number of benzene rings is 4. The van der Waals surface area contributed by atoms with Crippen molar-refractivity contribution < 1.29 is 18.9 Å². The molecule has 0 heterocycles. The number of ether oxygens (including phenoxy) is 4. The van der Waals surface area contributed by atoms with Crippen LogP contribution in [0.25, 0.3) is 11.1 Å². The smallest absolute Gasteiger partial charge is 0.119 e. The van der Waals surface area contributed by atoms with Gasteiger partial charge in [-0.15, -0.1) is 0 Å². The van der Waals surface area contributed by atoms with E-state index in [0.29, 0.717) is 0 Å². The van der Waals surface area contributed by atoms with E-state index in [4.69, 9.17) is 18.9 Å². The van der Waals surface area contributed by atoms with E-state index >= 15 is 0 Å². The highest BCUT2D eigenvalue weighted by Gasteiger charge is 2.18. The lowest BCUT2D eigenvalue weighted by Crippen LogP contribution is -2.09. The first kappa shape index (κ1) is 28.5. The zero-order chi connectivity index (χ0) is 30.5. The SMILES string of the molecule is COc1ccc(N(c2ccc(OC)cc2)c2ccc3cc(N(c4ccc(OC)cc4)c4ccc(OC)cc4)cc-3cc2)cc1. The van der Waals surface area contributed by atoms with Gasteiger partial charge in [0.25, 0.3) is 0 Å². The molecule has 0 bridgehead atoms. The molecular weight excluding hydrogens is 548 g/mol. The maximum Gasteiger partial charge on any atom is 0.119 e. The molecule has 6 nitrogen and oxygen atoms in total. The van der Waals surface area contributed by atoms with Crippen LogP contribution in [0, 0.1) is 0 Å². The molecular formula is C38H34N2O4. The van der Waals surface area contributed by atoms with Crippen LogP contribution in [-0.4, -0.2) is 28.4 Å². The first-order valence-corrected chi connectivity index (χ1v) is 14.3. The molecule has 0 aliphatic heterocycles. The van der Waals surface area contributed by atoms with Crippen molar-refractivity contribution in [2.75, 3.05) is 38.2 Å². The van der Waals surface area contributed by atoms with Crippen LogP contribution in [0.1, 0.15) is 0 Å². The summed E-state index contributed by atoms with van der Waals surface area (Å²) in [7, 11) is 6.72. The van der Waals surface area contributed by atoms with Gasteiger partial charge in [-0.3, -0.25) is 0 Å². The molecule has 0 saturated heterocycles. The van der Waals surface area contributed by atoms with Crippen LogP contribution < -0.4 is 28.7 Å². The number of nitrogens with zero attached hydrogens (tertiary/aromatic N) is 2. The minimum atomic E-state index is 0.812. The van der Waals surface area contributed by atoms with Crippen LogP contribution >= 0.6 is 0 Å². The van der Waals surface area contributed by atoms with Crippen LogP contribution in [0.2, 0.25) is 0 Å². The lowest BCUT2D eigenvalue weighted by atomic mass is 10.2. The molecule has 4 aromatic rings. The lowest BCUT2D eigenvalue weighted by molar-refractivity contribution is 0.414. The zero-order valence-corrected chi connectivity index (χ0v) is 25.2. The monoisotopic (exact) mass is 582 g/mol. The third-order valence-corrected chi connectivity index (χ3v) is 7.65. The normalized spacial score (nSPS) is 10.7. The highest BCUT2D eigenvalue weighted by Crippen LogP contribution is 2.42. The zero-order valence-electron chi connectivity index (χ0n) is 25.2. The molecule has 2 aliphatic carbocycles. The molecule has 0 spiro atoms. The van der Waals surface area contributed by atoms with Crippen LogP contribution in [0.15, 0.2) is 133 Å². The average Bonchev–Trinajstić information content (AvgIpc) is 3.39. The molecule has 0 atom stereocenters. The molecule has 0 fully saturated rings. The average molecular weight is 583 g/mol. The van der Waals surface area contributed by atoms with Gasteiger partial charge in [-0.05, 0) is 132 Å². The third kappa shape index (κ3) is 5.83. The Morgan fingerprint density at radius 2 is 0.523 bits per heavy atom. The van der Waals surface area contributed by atoms with Gasteiger partial charge in [0, 0.05) is 34.1 Å². The summed E-state index contributed by atoms with van der Waals surface area (Å²) in [6, 6.07) is 45.5. The van der Waals surface area contributed by atoms with Crippen molar-refractivity contribution in [1.29, 1.82) is 0 Å². The lowest BCUT2D eigenvalue weighted by Gasteiger charge is -2.25. The minimum Gasteiger partial charge on any atom is -0.497 e. The van der Waals surface area contributed by atoms with Gasteiger partial charge in [-0.2, -0.15) is 0 Å². The molecule has 0 aromatic heterocycles. The second kappa shape index (κ2) is 12.7. The maximum absolute atomic E-state index is 5.42. The third-order valence-electron chi connectivity index (χ3n) is 7.65. The van der Waals surface area contributed by atoms with Crippen LogP contribution in [0.5, 0.6) is 23.0 Å². The molecule has 220 valence electrons. The summed E-state index contributed by atoms with van der Waals surface area (Å²) in [5.41, 5.74) is 8.44. The van der Waals surface area contributed by atoms with E-state index in [1.807, 2.05) is 48.5 Å². The summed E-state index contributed by atoms with van der Waals surface area (Å²) in [5.74, 6) is 3.25. The fraction of sp³-hybridized carbons (Fsp3) is 0.105. The summed E-state index contributed by atoms with van der Waals surface area (Å²) in [4.78, 5) is 4.46. The first-order chi connectivity index (χ1) is 21.6. The Kier molecular flexibility index (Phi) is 8.23. The van der Waals surface area contributed by atoms with Crippen molar-refractivity contribution in [3.63, 3.8) is 0 Å². The highest BCUT2D eigenvalue weighted by molar-refractivity contribution is 5.86. The van der Waals surface area contributed by atoms with Gasteiger partial charge < -0.3 is 28.7 Å². The van der Waals surface area contributed by atoms with Gasteiger partial charge in [0.15, 0.2) is 0 Å². The second-order valence-corrected chi connectivity index (χ2v) is 10.2. The molecule has 0 unspecified atom stereocenters. The Morgan fingerprint density at radius 1 is 0.295 bits per heavy atom. The summed E-state index contributed by atoms with van der Waals surface area (Å²) < 4.78 is 21.7. The predicted octanol–water partition coefficient (Wildman–Crippen LogP) is 9.77. The maximum atomic E-state index is 5.42. The Labute approximate surface area is 258 Å². The number of hydrogen-bond acceptors (Lipinski definition) is 6. The van der Waals surface area contributed by atoms with Crippen LogP contribution in [0.3, 0.4) is 0 Å². The fourth-order valence-corrected chi connectivity index (χ4v) is 5.32. The van der Waals surface area contributed by atoms with Crippen molar-refractivity contribution in [2.24, 2.45) is 0 Å². The molecule has 44 heavy (non-hydrogen) atoms. The van der Waals surface area contributed by atoms with E-state index in [-0.39, 0.29) is 0 Å². The van der Waals surface area contributed by atoms with E-state index in [1.165, 1.54) is 0 Å². The number of hydrogen-bond donors (Lipinski definition) is 0. The number of fused-ring (bicyclic) bond motifs is 1. The van der Waals surface area contributed by atoms with Gasteiger partial charge in [0.05, 0.1) is 28.4 Å². The topological polar surface area (TPSA) is 43.4 Å². The van der Waals surface area contributed by atoms with Gasteiger partial charge in [0.2, 0.25) is 0 Å². The van der Waals surface area contributed by atoms with Gasteiger partial charge >= 0.3 is 0 Å². The summed E-state index contributed by atoms with van der Waals surface area (Å²) in [6.07, 6.45) is 0. The Balaban J connectivity index is 1.42. The van der Waals surface area contributed by atoms with Crippen molar-refractivity contribution in [3.05, 3.63) is 133 Å². The van der Waals surface area contributed by atoms with E-state index in [9.17, 15) is 0 Å². The van der Waals surface area contributed by atoms with E-state index in [1.54, 1.807) is 28.4 Å². The summed E-state index contributed by atoms with van der Waals surface area (Å²) in [5, 5.41) is 0. The number of rotatable bonds is 10. The Bertz CT molecular complexity index is 1560. The predicted molar refractivity (Wildman–Crippen MR) is 179 cm³/mol. The largest absolute Gasteiger partial charge is 0.497 e. The number of methoxy groups -OCH3 is 4. The standard InChI is InChI=1S/C38H34N2O4/c1-41-35-17-9-30(10-18-35)39(31-11-19-36(42-2)20-12-31)29-7-5-27-25-34(26-28(27)6-8-29)40(32-13-21-37(43-3)22-14-32)33-15-23-38(44-4)24-16-33/h5-26H,1-4H3. The quantitative estimate of drug-likeness (QED) is 0.160. The molecule has 0 saturated carbocycles. The highest BCUT2D eigenvalue weighted by atomic mass is 16.5. The minimum absolute atomic E-state index is 0.812. The summed E-state index contributed by atoms with van der Waals surface area (Å²) in [6.45, 7) is 0. The Morgan fingerprint density at radius 3 is 0.773 bits per heavy atom. The van der Waals surface area contributed by atoms with E-state index in [0.717, 1.165) is 68.2 Å².